The summed E-state index contributed by atoms with van der Waals surface area (Å²) in [5.74, 6) is 0. The van der Waals surface area contributed by atoms with E-state index >= 15 is 0 Å². The molecule has 0 bridgehead atoms. The molecular weight excluding hydrogens is 186 g/mol. The van der Waals surface area contributed by atoms with Gasteiger partial charge in [-0.05, 0) is 13.8 Å². The Bertz CT molecular complexity index is 78.6. The average molecular weight is 219 g/mol. The first-order valence-corrected chi connectivity index (χ1v) is 6.62. The number of morpholine rings is 1. The standard InChI is InChI=1S/C7H15NO.3C2H6/c1-7(2)8-3-5-9-6-4-8;3*1-2/h7H,3-6H2,1-2H3;3*1-2H3. The van der Waals surface area contributed by atoms with Gasteiger partial charge in [-0.1, -0.05) is 41.5 Å². The van der Waals surface area contributed by atoms with Crippen molar-refractivity contribution in [2.24, 2.45) is 0 Å². The van der Waals surface area contributed by atoms with Gasteiger partial charge in [0.15, 0.2) is 0 Å². The summed E-state index contributed by atoms with van der Waals surface area (Å²) < 4.78 is 5.21. The lowest BCUT2D eigenvalue weighted by atomic mass is 10.3. The summed E-state index contributed by atoms with van der Waals surface area (Å²) in [5, 5.41) is 0. The van der Waals surface area contributed by atoms with Crippen LogP contribution in [0, 0.1) is 0 Å². The van der Waals surface area contributed by atoms with Crippen LogP contribution in [-0.4, -0.2) is 37.2 Å². The van der Waals surface area contributed by atoms with Crippen molar-refractivity contribution in [1.29, 1.82) is 0 Å². The van der Waals surface area contributed by atoms with Gasteiger partial charge in [0.05, 0.1) is 13.2 Å². The molecule has 0 saturated carbocycles. The monoisotopic (exact) mass is 219 g/mol. The molecule has 0 aromatic carbocycles. The summed E-state index contributed by atoms with van der Waals surface area (Å²) in [7, 11) is 0. The predicted octanol–water partition coefficient (Wildman–Crippen LogP) is 3.81. The second-order valence-corrected chi connectivity index (χ2v) is 2.74. The van der Waals surface area contributed by atoms with Gasteiger partial charge >= 0.3 is 0 Å². The molecule has 1 saturated heterocycles. The van der Waals surface area contributed by atoms with Gasteiger partial charge in [-0.3, -0.25) is 4.90 Å². The SMILES string of the molecule is CC.CC.CC.CC(C)N1CCOCC1. The topological polar surface area (TPSA) is 12.5 Å². The lowest BCUT2D eigenvalue weighted by Gasteiger charge is -2.29. The van der Waals surface area contributed by atoms with E-state index in [1.807, 2.05) is 41.5 Å². The van der Waals surface area contributed by atoms with Crippen molar-refractivity contribution in [2.75, 3.05) is 26.3 Å². The van der Waals surface area contributed by atoms with Gasteiger partial charge in [0.2, 0.25) is 0 Å². The normalized spacial score (nSPS) is 15.0. The van der Waals surface area contributed by atoms with Crippen molar-refractivity contribution in [3.8, 4) is 0 Å². The van der Waals surface area contributed by atoms with E-state index in [0.29, 0.717) is 6.04 Å². The molecule has 0 aromatic heterocycles. The minimum Gasteiger partial charge on any atom is -0.379 e. The van der Waals surface area contributed by atoms with E-state index < -0.39 is 0 Å². The highest BCUT2D eigenvalue weighted by atomic mass is 16.5. The van der Waals surface area contributed by atoms with Crippen molar-refractivity contribution < 1.29 is 4.74 Å². The van der Waals surface area contributed by atoms with Gasteiger partial charge < -0.3 is 4.74 Å². The lowest BCUT2D eigenvalue weighted by Crippen LogP contribution is -2.40. The maximum Gasteiger partial charge on any atom is 0.0594 e. The molecule has 2 nitrogen and oxygen atoms in total. The highest BCUT2D eigenvalue weighted by molar-refractivity contribution is 4.64. The number of hydrogen-bond acceptors (Lipinski definition) is 2. The Balaban J connectivity index is -0.000000208. The fourth-order valence-corrected chi connectivity index (χ4v) is 1.09. The van der Waals surface area contributed by atoms with Crippen LogP contribution < -0.4 is 0 Å². The average Bonchev–Trinajstić information content (AvgIpc) is 2.38. The van der Waals surface area contributed by atoms with Crippen molar-refractivity contribution in [1.82, 2.24) is 4.90 Å². The summed E-state index contributed by atoms with van der Waals surface area (Å²) in [5.41, 5.74) is 0. The van der Waals surface area contributed by atoms with E-state index in [0.717, 1.165) is 26.3 Å². The molecule has 1 fully saturated rings. The van der Waals surface area contributed by atoms with Crippen LogP contribution in [0.25, 0.3) is 0 Å². The van der Waals surface area contributed by atoms with Gasteiger partial charge in [-0.15, -0.1) is 0 Å². The van der Waals surface area contributed by atoms with Gasteiger partial charge in [-0.25, -0.2) is 0 Å². The fourth-order valence-electron chi connectivity index (χ4n) is 1.09. The largest absolute Gasteiger partial charge is 0.379 e. The zero-order valence-electron chi connectivity index (χ0n) is 12.3. The van der Waals surface area contributed by atoms with E-state index in [-0.39, 0.29) is 0 Å². The molecule has 0 unspecified atom stereocenters. The molecule has 96 valence electrons. The lowest BCUT2D eigenvalue weighted by molar-refractivity contribution is 0.0238. The fraction of sp³-hybridized carbons (Fsp3) is 1.00. The van der Waals surface area contributed by atoms with Crippen LogP contribution in [0.3, 0.4) is 0 Å². The van der Waals surface area contributed by atoms with E-state index in [2.05, 4.69) is 18.7 Å². The molecule has 0 radical (unpaired) electrons. The molecule has 0 spiro atoms. The minimum atomic E-state index is 0.689. The van der Waals surface area contributed by atoms with E-state index in [1.54, 1.807) is 0 Å². The second-order valence-electron chi connectivity index (χ2n) is 2.74. The molecule has 2 heteroatoms. The molecule has 1 rings (SSSR count). The molecule has 0 aliphatic carbocycles. The predicted molar refractivity (Wildman–Crippen MR) is 71.6 cm³/mol. The minimum absolute atomic E-state index is 0.689. The van der Waals surface area contributed by atoms with Crippen molar-refractivity contribution in [2.45, 2.75) is 61.4 Å². The third-order valence-corrected chi connectivity index (χ3v) is 1.78. The van der Waals surface area contributed by atoms with Crippen LogP contribution in [0.4, 0.5) is 0 Å². The van der Waals surface area contributed by atoms with Gasteiger partial charge in [0, 0.05) is 19.1 Å². The van der Waals surface area contributed by atoms with Crippen LogP contribution in [0.15, 0.2) is 0 Å². The van der Waals surface area contributed by atoms with Crippen LogP contribution >= 0.6 is 0 Å². The molecule has 0 amide bonds. The number of hydrogen-bond donors (Lipinski definition) is 0. The molecule has 0 N–H and O–H groups in total. The van der Waals surface area contributed by atoms with Crippen molar-refractivity contribution >= 4 is 0 Å². The summed E-state index contributed by atoms with van der Waals surface area (Å²) in [6.07, 6.45) is 0. The second kappa shape index (κ2) is 19.5. The summed E-state index contributed by atoms with van der Waals surface area (Å²) >= 11 is 0. The third-order valence-electron chi connectivity index (χ3n) is 1.78. The highest BCUT2D eigenvalue weighted by Gasteiger charge is 2.11. The van der Waals surface area contributed by atoms with Gasteiger partial charge in [0.25, 0.3) is 0 Å². The first-order valence-electron chi connectivity index (χ1n) is 6.62. The molecule has 0 aromatic rings. The first kappa shape index (κ1) is 20.3. The Morgan fingerprint density at radius 1 is 0.800 bits per heavy atom. The smallest absolute Gasteiger partial charge is 0.0594 e. The van der Waals surface area contributed by atoms with Crippen molar-refractivity contribution in [3.05, 3.63) is 0 Å². The number of ether oxygens (including phenoxy) is 1. The Morgan fingerprint density at radius 2 is 1.13 bits per heavy atom. The van der Waals surface area contributed by atoms with Crippen LogP contribution in [0.2, 0.25) is 0 Å². The van der Waals surface area contributed by atoms with E-state index in [9.17, 15) is 0 Å². The molecule has 1 aliphatic rings. The van der Waals surface area contributed by atoms with E-state index in [1.165, 1.54) is 0 Å². The van der Waals surface area contributed by atoms with Gasteiger partial charge in [-0.2, -0.15) is 0 Å². The Morgan fingerprint density at radius 3 is 1.33 bits per heavy atom. The Labute approximate surface area is 98.0 Å². The van der Waals surface area contributed by atoms with Crippen LogP contribution in [0.1, 0.15) is 55.4 Å². The summed E-state index contributed by atoms with van der Waals surface area (Å²) in [4.78, 5) is 2.43. The zero-order valence-corrected chi connectivity index (χ0v) is 12.3. The number of rotatable bonds is 1. The summed E-state index contributed by atoms with van der Waals surface area (Å²) in [6.45, 7) is 20.5. The highest BCUT2D eigenvalue weighted by Crippen LogP contribution is 2.01. The molecule has 0 atom stereocenters. The van der Waals surface area contributed by atoms with Crippen molar-refractivity contribution in [3.63, 3.8) is 0 Å². The van der Waals surface area contributed by atoms with E-state index in [4.69, 9.17) is 4.74 Å². The zero-order chi connectivity index (χ0) is 12.7. The van der Waals surface area contributed by atoms with Crippen LogP contribution in [-0.2, 0) is 4.74 Å². The first-order chi connectivity index (χ1) is 7.30. The Hall–Kier alpha value is -0.0800. The number of nitrogens with zero attached hydrogens (tertiary/aromatic N) is 1. The van der Waals surface area contributed by atoms with Gasteiger partial charge in [0.1, 0.15) is 0 Å². The molecule has 1 heterocycles. The third kappa shape index (κ3) is 13.9. The Kier molecular flexibility index (Phi) is 26.4. The molecular formula is C13H33NO. The molecule has 15 heavy (non-hydrogen) atoms. The maximum absolute atomic E-state index is 5.21. The molecule has 1 aliphatic heterocycles. The summed E-state index contributed by atoms with van der Waals surface area (Å²) in [6, 6.07) is 0.689. The van der Waals surface area contributed by atoms with Crippen LogP contribution in [0.5, 0.6) is 0 Å². The maximum atomic E-state index is 5.21. The quantitative estimate of drug-likeness (QED) is 0.665.